The van der Waals surface area contributed by atoms with Gasteiger partial charge in [0.2, 0.25) is 0 Å². The molecule has 0 unspecified atom stereocenters. The van der Waals surface area contributed by atoms with E-state index in [4.69, 9.17) is 9.47 Å². The smallest absolute Gasteiger partial charge is 0.390 e. The molecule has 0 heterocycles. The lowest BCUT2D eigenvalue weighted by atomic mass is 10.2. The van der Waals surface area contributed by atoms with E-state index < -0.39 is 12.6 Å². The van der Waals surface area contributed by atoms with Gasteiger partial charge in [-0.05, 0) is 40.5 Å². The highest BCUT2D eigenvalue weighted by Crippen LogP contribution is 2.36. The van der Waals surface area contributed by atoms with Gasteiger partial charge in [0.05, 0.1) is 31.7 Å². The van der Waals surface area contributed by atoms with Crippen LogP contribution in [0.25, 0.3) is 0 Å². The molecule has 1 rings (SSSR count). The summed E-state index contributed by atoms with van der Waals surface area (Å²) in [5.41, 5.74) is 0.826. The van der Waals surface area contributed by atoms with Gasteiger partial charge >= 0.3 is 6.18 Å². The number of alkyl halides is 3. The molecular weight excluding hydrogens is 518 g/mol. The molecule has 5 nitrogen and oxygen atoms in total. The minimum Gasteiger partial charge on any atom is -0.493 e. The molecule has 0 saturated carbocycles. The molecular formula is C15H22BrF3IN3O2. The van der Waals surface area contributed by atoms with Gasteiger partial charge in [0.1, 0.15) is 0 Å². The second kappa shape index (κ2) is 11.7. The summed E-state index contributed by atoms with van der Waals surface area (Å²) in [6, 6.07) is 3.59. The first-order valence-electron chi connectivity index (χ1n) is 7.30. The van der Waals surface area contributed by atoms with Crippen molar-refractivity contribution in [2.45, 2.75) is 26.1 Å². The molecule has 0 spiro atoms. The number of guanidine groups is 1. The number of rotatable bonds is 7. The Morgan fingerprint density at radius 2 is 1.88 bits per heavy atom. The first-order chi connectivity index (χ1) is 11.3. The van der Waals surface area contributed by atoms with Crippen molar-refractivity contribution in [2.24, 2.45) is 4.99 Å². The molecule has 0 fully saturated rings. The van der Waals surface area contributed by atoms with Gasteiger partial charge in [0, 0.05) is 13.1 Å². The largest absolute Gasteiger partial charge is 0.493 e. The van der Waals surface area contributed by atoms with E-state index in [2.05, 4.69) is 31.6 Å². The Hall–Kier alpha value is -0.910. The predicted octanol–water partition coefficient (Wildman–Crippen LogP) is 4.09. The molecule has 2 N–H and O–H groups in total. The van der Waals surface area contributed by atoms with Crippen molar-refractivity contribution in [3.8, 4) is 11.5 Å². The molecule has 0 amide bonds. The quantitative estimate of drug-likeness (QED) is 0.311. The summed E-state index contributed by atoms with van der Waals surface area (Å²) < 4.78 is 47.8. The average molecular weight is 540 g/mol. The summed E-state index contributed by atoms with van der Waals surface area (Å²) in [7, 11) is 3.06. The molecule has 144 valence electrons. The fraction of sp³-hybridized carbons (Fsp3) is 0.533. The molecule has 0 saturated heterocycles. The van der Waals surface area contributed by atoms with Crippen molar-refractivity contribution in [1.29, 1.82) is 0 Å². The van der Waals surface area contributed by atoms with Crippen LogP contribution in [0.15, 0.2) is 21.6 Å². The third-order valence-electron chi connectivity index (χ3n) is 2.96. The Morgan fingerprint density at radius 3 is 2.40 bits per heavy atom. The van der Waals surface area contributed by atoms with Gasteiger partial charge in [-0.1, -0.05) is 0 Å². The monoisotopic (exact) mass is 539 g/mol. The molecule has 0 aromatic heterocycles. The summed E-state index contributed by atoms with van der Waals surface area (Å²) >= 11 is 3.39. The van der Waals surface area contributed by atoms with E-state index in [1.54, 1.807) is 6.07 Å². The molecule has 10 heteroatoms. The zero-order valence-corrected chi connectivity index (χ0v) is 18.1. The fourth-order valence-corrected chi connectivity index (χ4v) is 2.55. The van der Waals surface area contributed by atoms with Crippen molar-refractivity contribution >= 4 is 45.9 Å². The first-order valence-corrected chi connectivity index (χ1v) is 8.09. The van der Waals surface area contributed by atoms with Crippen molar-refractivity contribution in [2.75, 3.05) is 27.3 Å². The molecule has 0 aliphatic rings. The van der Waals surface area contributed by atoms with Gasteiger partial charge in [0.25, 0.3) is 0 Å². The highest BCUT2D eigenvalue weighted by molar-refractivity contribution is 14.0. The molecule has 0 atom stereocenters. The van der Waals surface area contributed by atoms with Gasteiger partial charge in [-0.3, -0.25) is 0 Å². The number of methoxy groups -OCH3 is 2. The zero-order chi connectivity index (χ0) is 18.2. The van der Waals surface area contributed by atoms with Crippen molar-refractivity contribution in [3.05, 3.63) is 22.2 Å². The van der Waals surface area contributed by atoms with Crippen molar-refractivity contribution < 1.29 is 22.6 Å². The number of nitrogens with zero attached hydrogens (tertiary/aromatic N) is 1. The zero-order valence-electron chi connectivity index (χ0n) is 14.2. The van der Waals surface area contributed by atoms with Crippen LogP contribution in [0.2, 0.25) is 0 Å². The molecule has 0 aliphatic heterocycles. The number of nitrogens with one attached hydrogen (secondary N) is 2. The normalized spacial score (nSPS) is 11.6. The molecule has 1 aromatic carbocycles. The topological polar surface area (TPSA) is 54.9 Å². The van der Waals surface area contributed by atoms with Crippen LogP contribution >= 0.6 is 39.9 Å². The van der Waals surface area contributed by atoms with E-state index >= 15 is 0 Å². The van der Waals surface area contributed by atoms with Crippen LogP contribution in [-0.4, -0.2) is 39.4 Å². The van der Waals surface area contributed by atoms with Crippen molar-refractivity contribution in [1.82, 2.24) is 10.6 Å². The van der Waals surface area contributed by atoms with Crippen LogP contribution in [-0.2, 0) is 6.54 Å². The maximum atomic E-state index is 12.2. The number of benzene rings is 1. The summed E-state index contributed by atoms with van der Waals surface area (Å²) in [5.74, 6) is 1.44. The Labute approximate surface area is 170 Å². The van der Waals surface area contributed by atoms with E-state index in [1.165, 1.54) is 14.2 Å². The van der Waals surface area contributed by atoms with E-state index in [-0.39, 0.29) is 37.1 Å². The summed E-state index contributed by atoms with van der Waals surface area (Å²) in [6.45, 7) is 2.44. The first kappa shape index (κ1) is 24.1. The number of hydrogen-bond acceptors (Lipinski definition) is 3. The Morgan fingerprint density at radius 1 is 1.20 bits per heavy atom. The minimum atomic E-state index is -4.20. The fourth-order valence-electron chi connectivity index (χ4n) is 1.90. The molecule has 25 heavy (non-hydrogen) atoms. The molecule has 0 radical (unpaired) electrons. The Balaban J connectivity index is 0.00000576. The average Bonchev–Trinajstić information content (AvgIpc) is 2.50. The maximum absolute atomic E-state index is 12.2. The van der Waals surface area contributed by atoms with Gasteiger partial charge in [-0.15, -0.1) is 24.0 Å². The third-order valence-corrected chi connectivity index (χ3v) is 3.55. The lowest BCUT2D eigenvalue weighted by Crippen LogP contribution is -2.38. The number of aliphatic imine (C=N–C) groups is 1. The SMILES string of the molecule is CCNC(=NCc1cc(Br)c(OC)c(OC)c1)NCCC(F)(F)F.I. The second-order valence-electron chi connectivity index (χ2n) is 4.80. The standard InChI is InChI=1S/C15H21BrF3N3O2.HI/c1-4-20-14(21-6-5-15(17,18)19)22-9-10-7-11(16)13(24-3)12(8-10)23-2;/h7-8H,4-6,9H2,1-3H3,(H2,20,21,22);1H. The summed E-state index contributed by atoms with van der Waals surface area (Å²) in [4.78, 5) is 4.29. The predicted molar refractivity (Wildman–Crippen MR) is 106 cm³/mol. The Bertz CT molecular complexity index is 572. The van der Waals surface area contributed by atoms with Gasteiger partial charge in [0.15, 0.2) is 17.5 Å². The lowest BCUT2D eigenvalue weighted by Gasteiger charge is -2.13. The van der Waals surface area contributed by atoms with Gasteiger partial charge in [-0.2, -0.15) is 13.2 Å². The summed E-state index contributed by atoms with van der Waals surface area (Å²) in [5, 5.41) is 5.57. The number of ether oxygens (including phenoxy) is 2. The minimum absolute atomic E-state index is 0. The van der Waals surface area contributed by atoms with Gasteiger partial charge < -0.3 is 20.1 Å². The van der Waals surface area contributed by atoms with E-state index in [0.29, 0.717) is 28.5 Å². The lowest BCUT2D eigenvalue weighted by molar-refractivity contribution is -0.132. The van der Waals surface area contributed by atoms with Crippen LogP contribution in [0.5, 0.6) is 11.5 Å². The molecule has 1 aromatic rings. The number of hydrogen-bond donors (Lipinski definition) is 2. The maximum Gasteiger partial charge on any atom is 0.390 e. The second-order valence-corrected chi connectivity index (χ2v) is 5.65. The van der Waals surface area contributed by atoms with Crippen molar-refractivity contribution in [3.63, 3.8) is 0 Å². The molecule has 0 bridgehead atoms. The third kappa shape index (κ3) is 8.84. The van der Waals surface area contributed by atoms with Crippen LogP contribution < -0.4 is 20.1 Å². The van der Waals surface area contributed by atoms with Crippen LogP contribution in [0.4, 0.5) is 13.2 Å². The van der Waals surface area contributed by atoms with Crippen LogP contribution in [0.3, 0.4) is 0 Å². The van der Waals surface area contributed by atoms with E-state index in [0.717, 1.165) is 5.56 Å². The summed E-state index contributed by atoms with van der Waals surface area (Å²) in [6.07, 6.45) is -5.11. The highest BCUT2D eigenvalue weighted by atomic mass is 127. The van der Waals surface area contributed by atoms with E-state index in [9.17, 15) is 13.2 Å². The molecule has 0 aliphatic carbocycles. The van der Waals surface area contributed by atoms with Crippen LogP contribution in [0.1, 0.15) is 18.9 Å². The van der Waals surface area contributed by atoms with Gasteiger partial charge in [-0.25, -0.2) is 4.99 Å². The van der Waals surface area contributed by atoms with E-state index in [1.807, 2.05) is 13.0 Å². The van der Waals surface area contributed by atoms with Crippen LogP contribution in [0, 0.1) is 0 Å². The highest BCUT2D eigenvalue weighted by Gasteiger charge is 2.26. The Kier molecular flexibility index (Phi) is 11.2. The number of halogens is 5.